The molecule has 0 spiro atoms. The number of nitrogens with one attached hydrogen (secondary N) is 1. The van der Waals surface area contributed by atoms with Crippen molar-refractivity contribution >= 4 is 5.69 Å². The minimum Gasteiger partial charge on any atom is -0.504 e. The van der Waals surface area contributed by atoms with Crippen LogP contribution in [0.15, 0.2) is 18.2 Å². The molecule has 0 saturated heterocycles. The van der Waals surface area contributed by atoms with Crippen molar-refractivity contribution in [1.82, 2.24) is 0 Å². The molecule has 0 aliphatic heterocycles. The highest BCUT2D eigenvalue weighted by Gasteiger charge is 2.23. The van der Waals surface area contributed by atoms with E-state index in [4.69, 9.17) is 4.74 Å². The molecule has 1 aliphatic rings. The van der Waals surface area contributed by atoms with Crippen LogP contribution in [-0.2, 0) is 0 Å². The van der Waals surface area contributed by atoms with E-state index in [2.05, 4.69) is 19.2 Å². The molecule has 106 valence electrons. The third-order valence-electron chi connectivity index (χ3n) is 4.26. The molecule has 0 radical (unpaired) electrons. The smallest absolute Gasteiger partial charge is 0.160 e. The number of ether oxygens (including phenoxy) is 1. The Kier molecular flexibility index (Phi) is 4.56. The topological polar surface area (TPSA) is 41.5 Å². The second kappa shape index (κ2) is 6.18. The van der Waals surface area contributed by atoms with Gasteiger partial charge < -0.3 is 15.2 Å². The van der Waals surface area contributed by atoms with Crippen LogP contribution in [0, 0.1) is 11.8 Å². The van der Waals surface area contributed by atoms with Crippen LogP contribution in [0.1, 0.15) is 39.5 Å². The average Bonchev–Trinajstić information content (AvgIpc) is 2.39. The largest absolute Gasteiger partial charge is 0.504 e. The highest BCUT2D eigenvalue weighted by atomic mass is 16.5. The summed E-state index contributed by atoms with van der Waals surface area (Å²) >= 11 is 0. The molecule has 0 bridgehead atoms. The molecule has 1 aliphatic carbocycles. The summed E-state index contributed by atoms with van der Waals surface area (Å²) in [6, 6.07) is 6.04. The van der Waals surface area contributed by atoms with Crippen molar-refractivity contribution in [2.24, 2.45) is 11.8 Å². The summed E-state index contributed by atoms with van der Waals surface area (Å²) in [7, 11) is 1.56. The van der Waals surface area contributed by atoms with Gasteiger partial charge in [-0.3, -0.25) is 0 Å². The maximum atomic E-state index is 9.77. The van der Waals surface area contributed by atoms with Gasteiger partial charge in [0.15, 0.2) is 11.5 Å². The molecule has 2 N–H and O–H groups in total. The third kappa shape index (κ3) is 3.55. The molecule has 1 saturated carbocycles. The Morgan fingerprint density at radius 1 is 1.21 bits per heavy atom. The fraction of sp³-hybridized carbons (Fsp3) is 0.625. The van der Waals surface area contributed by atoms with Crippen LogP contribution in [0.3, 0.4) is 0 Å². The van der Waals surface area contributed by atoms with Gasteiger partial charge in [-0.25, -0.2) is 0 Å². The predicted molar refractivity (Wildman–Crippen MR) is 78.9 cm³/mol. The molecule has 0 amide bonds. The zero-order valence-electron chi connectivity index (χ0n) is 12.1. The number of anilines is 1. The van der Waals surface area contributed by atoms with E-state index in [1.807, 2.05) is 6.07 Å². The molecular formula is C16H25NO2. The summed E-state index contributed by atoms with van der Waals surface area (Å²) in [6.07, 6.45) is 5.04. The van der Waals surface area contributed by atoms with Gasteiger partial charge in [-0.1, -0.05) is 13.8 Å². The first-order valence-electron chi connectivity index (χ1n) is 7.23. The van der Waals surface area contributed by atoms with Crippen LogP contribution >= 0.6 is 0 Å². The monoisotopic (exact) mass is 263 g/mol. The average molecular weight is 263 g/mol. The number of hydrogen-bond donors (Lipinski definition) is 2. The maximum Gasteiger partial charge on any atom is 0.160 e. The molecule has 3 nitrogen and oxygen atoms in total. The second-order valence-corrected chi connectivity index (χ2v) is 5.89. The van der Waals surface area contributed by atoms with Crippen LogP contribution < -0.4 is 10.1 Å². The Balaban J connectivity index is 1.90. The molecule has 2 rings (SSSR count). The standard InChI is InChI=1S/C16H25NO2/c1-11(2)12-4-6-13(7-5-12)17-14-8-9-16(19-3)15(18)10-14/h8-13,17-18H,4-7H2,1-3H3. The van der Waals surface area contributed by atoms with Gasteiger partial charge in [-0.2, -0.15) is 0 Å². The van der Waals surface area contributed by atoms with Gasteiger partial charge in [0, 0.05) is 17.8 Å². The molecular weight excluding hydrogens is 238 g/mol. The van der Waals surface area contributed by atoms with Crippen molar-refractivity contribution in [2.75, 3.05) is 12.4 Å². The van der Waals surface area contributed by atoms with Gasteiger partial charge >= 0.3 is 0 Å². The zero-order chi connectivity index (χ0) is 13.8. The minimum absolute atomic E-state index is 0.198. The van der Waals surface area contributed by atoms with Crippen molar-refractivity contribution < 1.29 is 9.84 Å². The first kappa shape index (κ1) is 14.0. The molecule has 0 aromatic heterocycles. The van der Waals surface area contributed by atoms with E-state index >= 15 is 0 Å². The Morgan fingerprint density at radius 3 is 2.42 bits per heavy atom. The van der Waals surface area contributed by atoms with Crippen molar-refractivity contribution in [2.45, 2.75) is 45.6 Å². The van der Waals surface area contributed by atoms with Crippen LogP contribution in [0.25, 0.3) is 0 Å². The van der Waals surface area contributed by atoms with Crippen LogP contribution in [0.2, 0.25) is 0 Å². The Labute approximate surface area is 116 Å². The third-order valence-corrected chi connectivity index (χ3v) is 4.26. The van der Waals surface area contributed by atoms with E-state index in [1.54, 1.807) is 19.2 Å². The summed E-state index contributed by atoms with van der Waals surface area (Å²) < 4.78 is 5.05. The minimum atomic E-state index is 0.198. The highest BCUT2D eigenvalue weighted by molar-refractivity contribution is 5.54. The Hall–Kier alpha value is -1.38. The van der Waals surface area contributed by atoms with Gasteiger partial charge in [0.1, 0.15) is 0 Å². The predicted octanol–water partition coefficient (Wildman–Crippen LogP) is 4.03. The van der Waals surface area contributed by atoms with Crippen molar-refractivity contribution in [3.05, 3.63) is 18.2 Å². The summed E-state index contributed by atoms with van der Waals surface area (Å²) in [4.78, 5) is 0. The SMILES string of the molecule is COc1ccc(NC2CCC(C(C)C)CC2)cc1O. The quantitative estimate of drug-likeness (QED) is 0.861. The Morgan fingerprint density at radius 2 is 1.89 bits per heavy atom. The van der Waals surface area contributed by atoms with Crippen molar-refractivity contribution in [3.8, 4) is 11.5 Å². The maximum absolute atomic E-state index is 9.77. The van der Waals surface area contributed by atoms with Gasteiger partial charge in [-0.05, 0) is 49.7 Å². The van der Waals surface area contributed by atoms with Crippen LogP contribution in [-0.4, -0.2) is 18.3 Å². The number of methoxy groups -OCH3 is 1. The summed E-state index contributed by atoms with van der Waals surface area (Å²) in [5.74, 6) is 2.39. The molecule has 0 heterocycles. The number of phenols is 1. The number of phenolic OH excluding ortho intramolecular Hbond substituents is 1. The molecule has 0 atom stereocenters. The van der Waals surface area contributed by atoms with Crippen LogP contribution in [0.4, 0.5) is 5.69 Å². The van der Waals surface area contributed by atoms with Crippen molar-refractivity contribution in [3.63, 3.8) is 0 Å². The van der Waals surface area contributed by atoms with E-state index in [1.165, 1.54) is 25.7 Å². The lowest BCUT2D eigenvalue weighted by Gasteiger charge is -2.31. The van der Waals surface area contributed by atoms with E-state index in [0.717, 1.165) is 17.5 Å². The van der Waals surface area contributed by atoms with E-state index in [-0.39, 0.29) is 5.75 Å². The van der Waals surface area contributed by atoms with E-state index < -0.39 is 0 Å². The number of hydrogen-bond acceptors (Lipinski definition) is 3. The fourth-order valence-corrected chi connectivity index (χ4v) is 2.95. The lowest BCUT2D eigenvalue weighted by molar-refractivity contribution is 0.267. The normalized spacial score (nSPS) is 23.4. The molecule has 0 unspecified atom stereocenters. The van der Waals surface area contributed by atoms with Gasteiger partial charge in [-0.15, -0.1) is 0 Å². The summed E-state index contributed by atoms with van der Waals surface area (Å²) in [5, 5.41) is 13.3. The number of rotatable bonds is 4. The molecule has 1 aromatic rings. The van der Waals surface area contributed by atoms with E-state index in [9.17, 15) is 5.11 Å². The van der Waals surface area contributed by atoms with Crippen LogP contribution in [0.5, 0.6) is 11.5 Å². The fourth-order valence-electron chi connectivity index (χ4n) is 2.95. The molecule has 3 heteroatoms. The highest BCUT2D eigenvalue weighted by Crippen LogP contribution is 2.33. The zero-order valence-corrected chi connectivity index (χ0v) is 12.1. The summed E-state index contributed by atoms with van der Waals surface area (Å²) in [6.45, 7) is 4.64. The molecule has 19 heavy (non-hydrogen) atoms. The first-order valence-corrected chi connectivity index (χ1v) is 7.23. The molecule has 1 fully saturated rings. The summed E-state index contributed by atoms with van der Waals surface area (Å²) in [5.41, 5.74) is 0.978. The Bertz CT molecular complexity index is 409. The number of aromatic hydroxyl groups is 1. The van der Waals surface area contributed by atoms with E-state index in [0.29, 0.717) is 11.8 Å². The second-order valence-electron chi connectivity index (χ2n) is 5.89. The number of benzene rings is 1. The first-order chi connectivity index (χ1) is 9.10. The van der Waals surface area contributed by atoms with Gasteiger partial charge in [0.25, 0.3) is 0 Å². The van der Waals surface area contributed by atoms with Gasteiger partial charge in [0.2, 0.25) is 0 Å². The molecule has 1 aromatic carbocycles. The lowest BCUT2D eigenvalue weighted by atomic mass is 9.79. The van der Waals surface area contributed by atoms with Gasteiger partial charge in [0.05, 0.1) is 7.11 Å². The van der Waals surface area contributed by atoms with Crippen molar-refractivity contribution in [1.29, 1.82) is 0 Å². The lowest BCUT2D eigenvalue weighted by Crippen LogP contribution is -2.27.